The van der Waals surface area contributed by atoms with Crippen molar-refractivity contribution >= 4 is 38.9 Å². The molecule has 1 heterocycles. The lowest BCUT2D eigenvalue weighted by atomic mass is 10.0. The van der Waals surface area contributed by atoms with E-state index in [4.69, 9.17) is 11.6 Å². The predicted molar refractivity (Wildman–Crippen MR) is 91.1 cm³/mol. The zero-order valence-corrected chi connectivity index (χ0v) is 13.7. The van der Waals surface area contributed by atoms with Gasteiger partial charge in [0.15, 0.2) is 0 Å². The van der Waals surface area contributed by atoms with Crippen molar-refractivity contribution in [1.29, 1.82) is 0 Å². The van der Waals surface area contributed by atoms with E-state index in [1.807, 2.05) is 0 Å². The molecule has 1 amide bonds. The molecule has 23 heavy (non-hydrogen) atoms. The van der Waals surface area contributed by atoms with E-state index in [-0.39, 0.29) is 11.7 Å². The fourth-order valence-corrected chi connectivity index (χ4v) is 3.98. The number of sulfonamides is 1. The summed E-state index contributed by atoms with van der Waals surface area (Å²) < 4.78 is 27.2. The Morgan fingerprint density at radius 3 is 2.70 bits per heavy atom. The fourth-order valence-electron chi connectivity index (χ4n) is 2.48. The molecule has 5 nitrogen and oxygen atoms in total. The quantitative estimate of drug-likeness (QED) is 0.889. The number of nitrogens with one attached hydrogen (secondary N) is 2. The van der Waals surface area contributed by atoms with Crippen LogP contribution in [-0.4, -0.2) is 14.3 Å². The van der Waals surface area contributed by atoms with Crippen molar-refractivity contribution in [1.82, 2.24) is 0 Å². The summed E-state index contributed by atoms with van der Waals surface area (Å²) in [5.41, 5.74) is 2.68. The van der Waals surface area contributed by atoms with Gasteiger partial charge in [0.05, 0.1) is 5.75 Å². The zero-order valence-electron chi connectivity index (χ0n) is 12.2. The maximum absolute atomic E-state index is 12.3. The van der Waals surface area contributed by atoms with Gasteiger partial charge in [-0.15, -0.1) is 0 Å². The summed E-state index contributed by atoms with van der Waals surface area (Å²) in [6, 6.07) is 11.9. The first kappa shape index (κ1) is 15.8. The summed E-state index contributed by atoms with van der Waals surface area (Å²) >= 11 is 6.01. The molecule has 120 valence electrons. The SMILES string of the molecule is O=C1CCc2cc(NS(=O)(=O)Cc3ccccc3Cl)ccc2N1. The van der Waals surface area contributed by atoms with E-state index in [0.717, 1.165) is 11.3 Å². The Morgan fingerprint density at radius 2 is 1.91 bits per heavy atom. The van der Waals surface area contributed by atoms with Gasteiger partial charge in [-0.25, -0.2) is 8.42 Å². The van der Waals surface area contributed by atoms with Crippen molar-refractivity contribution in [2.24, 2.45) is 0 Å². The Labute approximate surface area is 139 Å². The molecule has 1 aliphatic heterocycles. The molecule has 2 aromatic rings. The second-order valence-electron chi connectivity index (χ2n) is 5.37. The third kappa shape index (κ3) is 3.83. The lowest BCUT2D eigenvalue weighted by molar-refractivity contribution is -0.116. The van der Waals surface area contributed by atoms with Crippen molar-refractivity contribution in [3.05, 3.63) is 58.6 Å². The highest BCUT2D eigenvalue weighted by atomic mass is 35.5. The van der Waals surface area contributed by atoms with Crippen LogP contribution in [0.25, 0.3) is 0 Å². The van der Waals surface area contributed by atoms with Gasteiger partial charge in [0.25, 0.3) is 0 Å². The Morgan fingerprint density at radius 1 is 1.13 bits per heavy atom. The van der Waals surface area contributed by atoms with Crippen LogP contribution in [0.2, 0.25) is 5.02 Å². The second kappa shape index (κ2) is 6.22. The fraction of sp³-hybridized carbons (Fsp3) is 0.188. The maximum atomic E-state index is 12.3. The number of halogens is 1. The molecule has 0 unspecified atom stereocenters. The largest absolute Gasteiger partial charge is 0.326 e. The van der Waals surface area contributed by atoms with Crippen LogP contribution in [0.4, 0.5) is 11.4 Å². The summed E-state index contributed by atoms with van der Waals surface area (Å²) in [7, 11) is -3.57. The number of carbonyl (C=O) groups excluding carboxylic acids is 1. The topological polar surface area (TPSA) is 75.3 Å². The van der Waals surface area contributed by atoms with Gasteiger partial charge in [0.2, 0.25) is 15.9 Å². The molecule has 0 atom stereocenters. The minimum Gasteiger partial charge on any atom is -0.326 e. The van der Waals surface area contributed by atoms with Crippen molar-refractivity contribution in [3.63, 3.8) is 0 Å². The van der Waals surface area contributed by atoms with E-state index < -0.39 is 10.0 Å². The van der Waals surface area contributed by atoms with E-state index in [1.165, 1.54) is 0 Å². The molecule has 0 saturated carbocycles. The van der Waals surface area contributed by atoms with Gasteiger partial charge in [0.1, 0.15) is 0 Å². The van der Waals surface area contributed by atoms with E-state index in [1.54, 1.807) is 42.5 Å². The van der Waals surface area contributed by atoms with Crippen LogP contribution in [0.5, 0.6) is 0 Å². The van der Waals surface area contributed by atoms with Crippen molar-refractivity contribution in [3.8, 4) is 0 Å². The first-order valence-corrected chi connectivity index (χ1v) is 9.13. The summed E-state index contributed by atoms with van der Waals surface area (Å²) in [6.07, 6.45) is 1.00. The summed E-state index contributed by atoms with van der Waals surface area (Å²) in [5, 5.41) is 3.19. The highest BCUT2D eigenvalue weighted by Gasteiger charge is 2.17. The van der Waals surface area contributed by atoms with Gasteiger partial charge in [-0.1, -0.05) is 29.8 Å². The van der Waals surface area contributed by atoms with Gasteiger partial charge in [0, 0.05) is 22.8 Å². The van der Waals surface area contributed by atoms with Crippen LogP contribution >= 0.6 is 11.6 Å². The third-order valence-electron chi connectivity index (χ3n) is 3.58. The second-order valence-corrected chi connectivity index (χ2v) is 7.50. The Balaban J connectivity index is 1.78. The van der Waals surface area contributed by atoms with Gasteiger partial charge in [-0.3, -0.25) is 9.52 Å². The van der Waals surface area contributed by atoms with Crippen LogP contribution in [0.1, 0.15) is 17.5 Å². The highest BCUT2D eigenvalue weighted by molar-refractivity contribution is 7.91. The number of hydrogen-bond acceptors (Lipinski definition) is 3. The molecule has 7 heteroatoms. The lowest BCUT2D eigenvalue weighted by Crippen LogP contribution is -2.20. The first-order valence-electron chi connectivity index (χ1n) is 7.10. The number of hydrogen-bond donors (Lipinski definition) is 2. The maximum Gasteiger partial charge on any atom is 0.236 e. The number of aryl methyl sites for hydroxylation is 1. The summed E-state index contributed by atoms with van der Waals surface area (Å²) in [5.74, 6) is -0.218. The summed E-state index contributed by atoms with van der Waals surface area (Å²) in [6.45, 7) is 0. The minimum absolute atomic E-state index is 0.0236. The minimum atomic E-state index is -3.57. The zero-order chi connectivity index (χ0) is 16.4. The predicted octanol–water partition coefficient (Wildman–Crippen LogP) is 3.17. The van der Waals surface area contributed by atoms with Crippen LogP contribution in [0.3, 0.4) is 0 Å². The van der Waals surface area contributed by atoms with Crippen LogP contribution in [0.15, 0.2) is 42.5 Å². The van der Waals surface area contributed by atoms with Crippen LogP contribution in [-0.2, 0) is 27.0 Å². The van der Waals surface area contributed by atoms with Gasteiger partial charge in [-0.2, -0.15) is 0 Å². The van der Waals surface area contributed by atoms with Gasteiger partial charge in [-0.05, 0) is 41.8 Å². The molecule has 1 aliphatic rings. The number of carbonyl (C=O) groups is 1. The van der Waals surface area contributed by atoms with Gasteiger partial charge < -0.3 is 5.32 Å². The first-order chi connectivity index (χ1) is 10.9. The normalized spacial score (nSPS) is 14.0. The van der Waals surface area contributed by atoms with Crippen molar-refractivity contribution in [2.75, 3.05) is 10.0 Å². The molecule has 0 fully saturated rings. The number of benzene rings is 2. The molecule has 0 aliphatic carbocycles. The molecule has 0 spiro atoms. The number of fused-ring (bicyclic) bond motifs is 1. The smallest absolute Gasteiger partial charge is 0.236 e. The molecule has 0 saturated heterocycles. The Hall–Kier alpha value is -2.05. The standard InChI is InChI=1S/C16H15ClN2O3S/c17-14-4-2-1-3-12(14)10-23(21,22)19-13-6-7-15-11(9-13)5-8-16(20)18-15/h1-4,6-7,9,19H,5,8,10H2,(H,18,20). The van der Waals surface area contributed by atoms with Crippen LogP contribution < -0.4 is 10.0 Å². The van der Waals surface area contributed by atoms with Crippen molar-refractivity contribution < 1.29 is 13.2 Å². The molecule has 3 rings (SSSR count). The average molecular weight is 351 g/mol. The number of anilines is 2. The Bertz CT molecular complexity index is 865. The monoisotopic (exact) mass is 350 g/mol. The van der Waals surface area contributed by atoms with Gasteiger partial charge >= 0.3 is 0 Å². The van der Waals surface area contributed by atoms with E-state index in [2.05, 4.69) is 10.0 Å². The molecular formula is C16H15ClN2O3S. The third-order valence-corrected chi connectivity index (χ3v) is 5.18. The lowest BCUT2D eigenvalue weighted by Gasteiger charge is -2.18. The highest BCUT2D eigenvalue weighted by Crippen LogP contribution is 2.27. The van der Waals surface area contributed by atoms with Crippen LogP contribution in [0, 0.1) is 0 Å². The Kier molecular flexibility index (Phi) is 4.28. The van der Waals surface area contributed by atoms with E-state index in [0.29, 0.717) is 29.1 Å². The molecule has 0 bridgehead atoms. The van der Waals surface area contributed by atoms with E-state index >= 15 is 0 Å². The number of rotatable bonds is 4. The number of amides is 1. The molecule has 0 radical (unpaired) electrons. The molecule has 2 aromatic carbocycles. The average Bonchev–Trinajstić information content (AvgIpc) is 2.49. The molecule has 0 aromatic heterocycles. The van der Waals surface area contributed by atoms with E-state index in [9.17, 15) is 13.2 Å². The summed E-state index contributed by atoms with van der Waals surface area (Å²) in [4.78, 5) is 11.3. The molecule has 2 N–H and O–H groups in total. The van der Waals surface area contributed by atoms with Crippen molar-refractivity contribution in [2.45, 2.75) is 18.6 Å². The molecular weight excluding hydrogens is 336 g/mol.